The van der Waals surface area contributed by atoms with Crippen LogP contribution in [0.5, 0.6) is 0 Å². The average molecular weight is 703 g/mol. The van der Waals surface area contributed by atoms with E-state index in [9.17, 15) is 19.2 Å². The van der Waals surface area contributed by atoms with Crippen molar-refractivity contribution in [1.29, 1.82) is 0 Å². The number of amides is 2. The van der Waals surface area contributed by atoms with Crippen LogP contribution in [0.3, 0.4) is 0 Å². The van der Waals surface area contributed by atoms with Crippen molar-refractivity contribution in [3.8, 4) is 0 Å². The molecule has 2 saturated heterocycles. The van der Waals surface area contributed by atoms with Gasteiger partial charge in [0.15, 0.2) is 10.3 Å². The minimum atomic E-state index is -0.166. The zero-order valence-electron chi connectivity index (χ0n) is 28.5. The molecule has 0 aliphatic carbocycles. The van der Waals surface area contributed by atoms with Crippen molar-refractivity contribution in [1.82, 2.24) is 28.9 Å². The van der Waals surface area contributed by atoms with E-state index >= 15 is 0 Å². The summed E-state index contributed by atoms with van der Waals surface area (Å²) in [7, 11) is 0. The highest BCUT2D eigenvalue weighted by atomic mass is 32.2. The van der Waals surface area contributed by atoms with E-state index in [-0.39, 0.29) is 46.5 Å². The molecule has 49 heavy (non-hydrogen) atoms. The summed E-state index contributed by atoms with van der Waals surface area (Å²) in [6, 6.07) is 15.1. The first-order chi connectivity index (χ1) is 23.9. The van der Waals surface area contributed by atoms with E-state index in [0.717, 1.165) is 64.5 Å². The normalized spacial score (nSPS) is 18.3. The van der Waals surface area contributed by atoms with Crippen LogP contribution in [0.15, 0.2) is 68.4 Å². The minimum absolute atomic E-state index is 0.0744. The number of aromatic nitrogens is 4. The van der Waals surface area contributed by atoms with Crippen LogP contribution in [0.1, 0.15) is 71.6 Å². The van der Waals surface area contributed by atoms with Gasteiger partial charge >= 0.3 is 0 Å². The Labute approximate surface area is 295 Å². The topological polar surface area (TPSA) is 110 Å². The molecule has 0 unspecified atom stereocenters. The van der Waals surface area contributed by atoms with Crippen molar-refractivity contribution in [2.24, 2.45) is 0 Å². The molecule has 0 N–H and O–H groups in total. The molecule has 2 aliphatic rings. The van der Waals surface area contributed by atoms with Crippen LogP contribution in [-0.2, 0) is 22.7 Å². The zero-order valence-corrected chi connectivity index (χ0v) is 30.1. The number of para-hydroxylation sites is 2. The van der Waals surface area contributed by atoms with Crippen molar-refractivity contribution < 1.29 is 9.59 Å². The first-order valence-electron chi connectivity index (χ1n) is 17.7. The molecule has 4 aromatic rings. The maximum atomic E-state index is 13.8. The van der Waals surface area contributed by atoms with Crippen LogP contribution >= 0.6 is 23.5 Å². The van der Waals surface area contributed by atoms with Crippen LogP contribution in [0.2, 0.25) is 0 Å². The van der Waals surface area contributed by atoms with Gasteiger partial charge in [0.1, 0.15) is 0 Å². The number of benzene rings is 2. The number of thioether (sulfide) groups is 2. The molecule has 2 fully saturated rings. The zero-order chi connectivity index (χ0) is 34.3. The summed E-state index contributed by atoms with van der Waals surface area (Å²) < 4.78 is 3.29. The average Bonchev–Trinajstić information content (AvgIpc) is 3.14. The van der Waals surface area contributed by atoms with Crippen LogP contribution in [0.4, 0.5) is 0 Å². The predicted octanol–water partition coefficient (Wildman–Crippen LogP) is 5.96. The second kappa shape index (κ2) is 16.4. The Morgan fingerprint density at radius 2 is 1.10 bits per heavy atom. The summed E-state index contributed by atoms with van der Waals surface area (Å²) in [5, 5.41) is 2.03. The lowest BCUT2D eigenvalue weighted by molar-refractivity contribution is -0.132. The molecule has 12 heteroatoms. The number of fused-ring (bicyclic) bond motifs is 2. The highest BCUT2D eigenvalue weighted by molar-refractivity contribution is 8.00. The number of nitrogens with zero attached hydrogens (tertiary/aromatic N) is 6. The largest absolute Gasteiger partial charge is 0.339 e. The van der Waals surface area contributed by atoms with E-state index in [1.54, 1.807) is 21.3 Å². The number of hydrogen-bond acceptors (Lipinski definition) is 8. The summed E-state index contributed by atoms with van der Waals surface area (Å²) in [4.78, 5) is 68.0. The smallest absolute Gasteiger partial charge is 0.262 e. The first-order valence-corrected chi connectivity index (χ1v) is 19.7. The Balaban J connectivity index is 1.23. The number of carbonyl (C=O) groups excluding carboxylic acids is 2. The fraction of sp³-hybridized carbons (Fsp3) is 0.514. The molecule has 0 spiro atoms. The molecule has 2 aliphatic heterocycles. The second-order valence-electron chi connectivity index (χ2n) is 13.0. The summed E-state index contributed by atoms with van der Waals surface area (Å²) in [6.45, 7) is 6.41. The fourth-order valence-corrected chi connectivity index (χ4v) is 9.04. The molecule has 0 bridgehead atoms. The molecule has 2 atom stereocenters. The first kappa shape index (κ1) is 35.2. The molecular weight excluding hydrogens is 657 g/mol. The van der Waals surface area contributed by atoms with Gasteiger partial charge in [-0.2, -0.15) is 0 Å². The molecular formula is C37H46N6O4S2. The molecule has 260 valence electrons. The van der Waals surface area contributed by atoms with Gasteiger partial charge in [-0.25, -0.2) is 9.97 Å². The summed E-state index contributed by atoms with van der Waals surface area (Å²) in [6.07, 6.45) is 8.70. The third-order valence-electron chi connectivity index (χ3n) is 9.90. The fourth-order valence-electron chi connectivity index (χ4n) is 7.22. The molecule has 2 aromatic carbocycles. The lowest BCUT2D eigenvalue weighted by atomic mass is 10.0. The van der Waals surface area contributed by atoms with Gasteiger partial charge in [-0.3, -0.25) is 28.3 Å². The van der Waals surface area contributed by atoms with Gasteiger partial charge in [0.2, 0.25) is 11.8 Å². The lowest BCUT2D eigenvalue weighted by Crippen LogP contribution is -2.44. The molecule has 2 amide bonds. The van der Waals surface area contributed by atoms with Crippen molar-refractivity contribution in [2.45, 2.75) is 107 Å². The van der Waals surface area contributed by atoms with Crippen LogP contribution < -0.4 is 11.1 Å². The Hall–Kier alpha value is -3.64. The van der Waals surface area contributed by atoms with Gasteiger partial charge in [0.05, 0.1) is 33.3 Å². The van der Waals surface area contributed by atoms with Gasteiger partial charge in [-0.05, 0) is 82.1 Å². The summed E-state index contributed by atoms with van der Waals surface area (Å²) in [5.74, 6) is 0.566. The van der Waals surface area contributed by atoms with Gasteiger partial charge in [-0.1, -0.05) is 61.6 Å². The molecule has 4 heterocycles. The second-order valence-corrected chi connectivity index (χ2v) is 14.8. The number of carbonyl (C=O) groups is 2. The van der Waals surface area contributed by atoms with Crippen LogP contribution in [0.25, 0.3) is 21.8 Å². The SMILES string of the molecule is CC[C@H]1CCCCN1C(=O)CSc1nc2ccccc2c(=O)n1CCCn1c(SCC(=O)N2CCCC[C@@H]2CC)nc2ccccc2c1=O. The van der Waals surface area contributed by atoms with Crippen LogP contribution in [-0.4, -0.2) is 77.4 Å². The maximum Gasteiger partial charge on any atom is 0.262 e. The predicted molar refractivity (Wildman–Crippen MR) is 197 cm³/mol. The molecule has 0 saturated carbocycles. The Kier molecular flexibility index (Phi) is 11.8. The number of likely N-dealkylation sites (tertiary alicyclic amines) is 2. The molecule has 6 rings (SSSR count). The van der Waals surface area contributed by atoms with E-state index in [1.165, 1.54) is 23.5 Å². The monoisotopic (exact) mass is 702 g/mol. The van der Waals surface area contributed by atoms with Crippen molar-refractivity contribution >= 4 is 57.1 Å². The Bertz CT molecular complexity index is 1790. The quantitative estimate of drug-likeness (QED) is 0.131. The Morgan fingerprint density at radius 1 is 0.673 bits per heavy atom. The summed E-state index contributed by atoms with van der Waals surface area (Å²) >= 11 is 2.61. The minimum Gasteiger partial charge on any atom is -0.339 e. The van der Waals surface area contributed by atoms with Gasteiger partial charge in [0, 0.05) is 38.3 Å². The van der Waals surface area contributed by atoms with Gasteiger partial charge in [0.25, 0.3) is 11.1 Å². The van der Waals surface area contributed by atoms with E-state index in [0.29, 0.717) is 51.6 Å². The summed E-state index contributed by atoms with van der Waals surface area (Å²) in [5.41, 5.74) is 0.864. The third kappa shape index (κ3) is 7.90. The van der Waals surface area contributed by atoms with E-state index in [2.05, 4.69) is 13.8 Å². The van der Waals surface area contributed by atoms with E-state index < -0.39 is 0 Å². The van der Waals surface area contributed by atoms with E-state index in [4.69, 9.17) is 9.97 Å². The highest BCUT2D eigenvalue weighted by Gasteiger charge is 2.27. The van der Waals surface area contributed by atoms with Crippen molar-refractivity contribution in [3.63, 3.8) is 0 Å². The van der Waals surface area contributed by atoms with E-state index in [1.807, 2.05) is 46.2 Å². The number of piperidine rings is 2. The maximum absolute atomic E-state index is 13.8. The van der Waals surface area contributed by atoms with Crippen LogP contribution in [0, 0.1) is 0 Å². The Morgan fingerprint density at radius 3 is 1.53 bits per heavy atom. The van der Waals surface area contributed by atoms with Crippen molar-refractivity contribution in [2.75, 3.05) is 24.6 Å². The molecule has 2 aromatic heterocycles. The standard InChI is InChI=1S/C37H46N6O4S2/c1-3-26-14-9-11-20-40(26)32(44)24-48-36-38-30-18-7-5-16-28(30)34(46)42(36)22-13-23-43-35(47)29-17-6-8-19-31(29)39-37(43)49-25-33(45)41-21-12-10-15-27(41)4-2/h5-8,16-19,26-27H,3-4,9-15,20-25H2,1-2H3/t26-,27-/m0/s1. The van der Waals surface area contributed by atoms with Gasteiger partial charge < -0.3 is 9.80 Å². The molecule has 10 nitrogen and oxygen atoms in total. The highest BCUT2D eigenvalue weighted by Crippen LogP contribution is 2.25. The lowest BCUT2D eigenvalue weighted by Gasteiger charge is -2.35. The number of rotatable bonds is 12. The van der Waals surface area contributed by atoms with Gasteiger partial charge in [-0.15, -0.1) is 0 Å². The third-order valence-corrected chi connectivity index (χ3v) is 11.8. The molecule has 0 radical (unpaired) electrons. The number of hydrogen-bond donors (Lipinski definition) is 0. The van der Waals surface area contributed by atoms with Crippen molar-refractivity contribution in [3.05, 3.63) is 69.2 Å².